The van der Waals surface area contributed by atoms with Crippen LogP contribution < -0.4 is 4.74 Å². The molecule has 1 aromatic carbocycles. The molecule has 0 unspecified atom stereocenters. The lowest BCUT2D eigenvalue weighted by Crippen LogP contribution is -1.88. The van der Waals surface area contributed by atoms with Crippen LogP contribution in [0.2, 0.25) is 0 Å². The largest absolute Gasteiger partial charge is 0.504 e. The molecule has 3 nitrogen and oxygen atoms in total. The summed E-state index contributed by atoms with van der Waals surface area (Å²) in [5, 5.41) is 1.06. The number of ether oxygens (including phenoxy) is 2. The number of methoxy groups -OCH3 is 2. The molecule has 0 fully saturated rings. The molecule has 0 radical (unpaired) electrons. The number of benzene rings is 1. The molecule has 0 aliphatic heterocycles. The van der Waals surface area contributed by atoms with Crippen molar-refractivity contribution < 1.29 is 9.47 Å². The SMILES string of the molecule is COC=Cc1cc2ncccc2cc1OC. The van der Waals surface area contributed by atoms with Gasteiger partial charge < -0.3 is 9.47 Å². The first-order valence-electron chi connectivity index (χ1n) is 4.97. The van der Waals surface area contributed by atoms with E-state index in [0.717, 1.165) is 22.2 Å². The van der Waals surface area contributed by atoms with E-state index in [1.54, 1.807) is 26.7 Å². The van der Waals surface area contributed by atoms with Crippen molar-refractivity contribution in [2.75, 3.05) is 14.2 Å². The van der Waals surface area contributed by atoms with Crippen molar-refractivity contribution in [3.05, 3.63) is 42.3 Å². The molecule has 0 saturated carbocycles. The zero-order valence-electron chi connectivity index (χ0n) is 9.31. The van der Waals surface area contributed by atoms with E-state index < -0.39 is 0 Å². The van der Waals surface area contributed by atoms with Gasteiger partial charge in [0, 0.05) is 17.1 Å². The van der Waals surface area contributed by atoms with Crippen LogP contribution in [-0.4, -0.2) is 19.2 Å². The Morgan fingerprint density at radius 1 is 1.25 bits per heavy atom. The quantitative estimate of drug-likeness (QED) is 0.738. The molecule has 2 rings (SSSR count). The number of nitrogens with zero attached hydrogens (tertiary/aromatic N) is 1. The van der Waals surface area contributed by atoms with Gasteiger partial charge in [-0.15, -0.1) is 0 Å². The topological polar surface area (TPSA) is 31.4 Å². The molecule has 0 spiro atoms. The number of rotatable bonds is 3. The minimum atomic E-state index is 0.814. The first kappa shape index (κ1) is 10.5. The number of hydrogen-bond acceptors (Lipinski definition) is 3. The predicted molar refractivity (Wildman–Crippen MR) is 64.3 cm³/mol. The lowest BCUT2D eigenvalue weighted by molar-refractivity contribution is 0.341. The van der Waals surface area contributed by atoms with Crippen molar-refractivity contribution in [2.45, 2.75) is 0 Å². The van der Waals surface area contributed by atoms with E-state index in [0.29, 0.717) is 0 Å². The van der Waals surface area contributed by atoms with Crippen LogP contribution in [0.25, 0.3) is 17.0 Å². The average molecular weight is 215 g/mol. The van der Waals surface area contributed by atoms with E-state index in [2.05, 4.69) is 4.98 Å². The smallest absolute Gasteiger partial charge is 0.126 e. The molecule has 0 saturated heterocycles. The summed E-state index contributed by atoms with van der Waals surface area (Å²) in [6, 6.07) is 7.86. The highest BCUT2D eigenvalue weighted by Gasteiger charge is 2.03. The zero-order valence-corrected chi connectivity index (χ0v) is 9.31. The van der Waals surface area contributed by atoms with Gasteiger partial charge in [-0.25, -0.2) is 0 Å². The number of hydrogen-bond donors (Lipinski definition) is 0. The summed E-state index contributed by atoms with van der Waals surface area (Å²) in [5.41, 5.74) is 1.90. The summed E-state index contributed by atoms with van der Waals surface area (Å²) < 4.78 is 10.2. The molecule has 2 aromatic rings. The lowest BCUT2D eigenvalue weighted by atomic mass is 10.1. The van der Waals surface area contributed by atoms with Crippen LogP contribution in [0.4, 0.5) is 0 Å². The predicted octanol–water partition coefficient (Wildman–Crippen LogP) is 2.86. The lowest BCUT2D eigenvalue weighted by Gasteiger charge is -2.06. The molecular weight excluding hydrogens is 202 g/mol. The second-order valence-electron chi connectivity index (χ2n) is 3.33. The highest BCUT2D eigenvalue weighted by atomic mass is 16.5. The van der Waals surface area contributed by atoms with Gasteiger partial charge in [0.1, 0.15) is 5.75 Å². The average Bonchev–Trinajstić information content (AvgIpc) is 2.35. The van der Waals surface area contributed by atoms with Crippen LogP contribution in [0, 0.1) is 0 Å². The maximum absolute atomic E-state index is 5.32. The molecule has 1 heterocycles. The maximum Gasteiger partial charge on any atom is 0.126 e. The first-order chi connectivity index (χ1) is 7.85. The third kappa shape index (κ3) is 1.98. The van der Waals surface area contributed by atoms with Crippen molar-refractivity contribution in [2.24, 2.45) is 0 Å². The number of aromatic nitrogens is 1. The van der Waals surface area contributed by atoms with Gasteiger partial charge in [-0.1, -0.05) is 6.07 Å². The van der Waals surface area contributed by atoms with Gasteiger partial charge in [-0.3, -0.25) is 4.98 Å². The highest BCUT2D eigenvalue weighted by molar-refractivity contribution is 5.83. The Morgan fingerprint density at radius 2 is 2.12 bits per heavy atom. The summed E-state index contributed by atoms with van der Waals surface area (Å²) in [5.74, 6) is 0.814. The van der Waals surface area contributed by atoms with Gasteiger partial charge in [0.15, 0.2) is 0 Å². The van der Waals surface area contributed by atoms with Crippen molar-refractivity contribution in [1.29, 1.82) is 0 Å². The molecule has 0 bridgehead atoms. The second-order valence-corrected chi connectivity index (χ2v) is 3.33. The second kappa shape index (κ2) is 4.66. The number of pyridine rings is 1. The maximum atomic E-state index is 5.32. The van der Waals surface area contributed by atoms with Crippen LogP contribution in [0.1, 0.15) is 5.56 Å². The Morgan fingerprint density at radius 3 is 2.88 bits per heavy atom. The molecule has 3 heteroatoms. The minimum absolute atomic E-state index is 0.814. The Labute approximate surface area is 94.3 Å². The Kier molecular flexibility index (Phi) is 3.05. The fourth-order valence-corrected chi connectivity index (χ4v) is 1.56. The van der Waals surface area contributed by atoms with Crippen molar-refractivity contribution in [3.63, 3.8) is 0 Å². The first-order valence-corrected chi connectivity index (χ1v) is 4.97. The Balaban J connectivity index is 2.58. The molecule has 16 heavy (non-hydrogen) atoms. The van der Waals surface area contributed by atoms with Gasteiger partial charge in [0.2, 0.25) is 0 Å². The summed E-state index contributed by atoms with van der Waals surface area (Å²) >= 11 is 0. The van der Waals surface area contributed by atoms with Crippen molar-refractivity contribution in [3.8, 4) is 5.75 Å². The summed E-state index contributed by atoms with van der Waals surface area (Å²) in [6.45, 7) is 0. The van der Waals surface area contributed by atoms with Gasteiger partial charge in [-0.05, 0) is 24.3 Å². The number of fused-ring (bicyclic) bond motifs is 1. The van der Waals surface area contributed by atoms with E-state index >= 15 is 0 Å². The van der Waals surface area contributed by atoms with Gasteiger partial charge in [0.05, 0.1) is 26.0 Å². The summed E-state index contributed by atoms with van der Waals surface area (Å²) in [4.78, 5) is 4.30. The third-order valence-electron chi connectivity index (χ3n) is 2.34. The van der Waals surface area contributed by atoms with Gasteiger partial charge >= 0.3 is 0 Å². The molecule has 0 aliphatic rings. The molecule has 0 aliphatic carbocycles. The summed E-state index contributed by atoms with van der Waals surface area (Å²) in [6.07, 6.45) is 5.25. The molecule has 0 N–H and O–H groups in total. The van der Waals surface area contributed by atoms with Crippen LogP contribution in [0.5, 0.6) is 5.75 Å². The Bertz CT molecular complexity index is 520. The van der Waals surface area contributed by atoms with Crippen LogP contribution in [0.3, 0.4) is 0 Å². The van der Waals surface area contributed by atoms with Crippen molar-refractivity contribution in [1.82, 2.24) is 4.98 Å². The van der Waals surface area contributed by atoms with Crippen LogP contribution >= 0.6 is 0 Å². The van der Waals surface area contributed by atoms with Gasteiger partial charge in [-0.2, -0.15) is 0 Å². The molecule has 0 amide bonds. The van der Waals surface area contributed by atoms with E-state index in [4.69, 9.17) is 9.47 Å². The van der Waals surface area contributed by atoms with Crippen LogP contribution in [-0.2, 0) is 4.74 Å². The fourth-order valence-electron chi connectivity index (χ4n) is 1.56. The summed E-state index contributed by atoms with van der Waals surface area (Å²) in [7, 11) is 3.27. The Hall–Kier alpha value is -2.03. The third-order valence-corrected chi connectivity index (χ3v) is 2.34. The van der Waals surface area contributed by atoms with Crippen LogP contribution in [0.15, 0.2) is 36.7 Å². The normalized spacial score (nSPS) is 10.9. The molecule has 0 atom stereocenters. The van der Waals surface area contributed by atoms with E-state index in [-0.39, 0.29) is 0 Å². The molecule has 1 aromatic heterocycles. The standard InChI is InChI=1S/C13H13NO2/c1-15-7-5-11-8-12-10(4-3-6-14-12)9-13(11)16-2/h3-9H,1-2H3. The van der Waals surface area contributed by atoms with E-state index in [1.807, 2.05) is 30.3 Å². The highest BCUT2D eigenvalue weighted by Crippen LogP contribution is 2.25. The zero-order chi connectivity index (χ0) is 11.4. The minimum Gasteiger partial charge on any atom is -0.504 e. The molecule has 82 valence electrons. The van der Waals surface area contributed by atoms with E-state index in [1.165, 1.54) is 0 Å². The fraction of sp³-hybridized carbons (Fsp3) is 0.154. The van der Waals surface area contributed by atoms with E-state index in [9.17, 15) is 0 Å². The van der Waals surface area contributed by atoms with Crippen molar-refractivity contribution >= 4 is 17.0 Å². The van der Waals surface area contributed by atoms with Gasteiger partial charge in [0.25, 0.3) is 0 Å². The monoisotopic (exact) mass is 215 g/mol. The molecular formula is C13H13NO2.